The van der Waals surface area contributed by atoms with Crippen LogP contribution in [0.25, 0.3) is 10.1 Å². The molecule has 0 aliphatic carbocycles. The summed E-state index contributed by atoms with van der Waals surface area (Å²) in [6.07, 6.45) is 2.99. The molecule has 4 rings (SSSR count). The summed E-state index contributed by atoms with van der Waals surface area (Å²) in [7, 11) is 0. The topological polar surface area (TPSA) is 45.2 Å². The van der Waals surface area contributed by atoms with Crippen LogP contribution in [0.15, 0.2) is 23.7 Å². The Labute approximate surface area is 115 Å². The molecule has 4 heterocycles. The molecule has 3 atom stereocenters. The van der Waals surface area contributed by atoms with E-state index in [0.29, 0.717) is 17.7 Å². The standard InChI is InChI=1S/C14H15N3OS/c18-14(16-12-8-17-3-1-10(12)7-17)11-5-13-9(6-15-11)2-4-19-13/h2,4-6,10,12H,1,3,7-8H2,(H,16,18)/t10?,12-/m1/s1. The smallest absolute Gasteiger partial charge is 0.270 e. The minimum Gasteiger partial charge on any atom is -0.346 e. The van der Waals surface area contributed by atoms with Crippen LogP contribution in [0.3, 0.4) is 0 Å². The molecule has 2 aromatic heterocycles. The molecule has 2 fully saturated rings. The third kappa shape index (κ3) is 1.93. The molecule has 0 spiro atoms. The monoisotopic (exact) mass is 273 g/mol. The van der Waals surface area contributed by atoms with Crippen molar-refractivity contribution in [2.24, 2.45) is 5.92 Å². The Morgan fingerprint density at radius 2 is 2.42 bits per heavy atom. The van der Waals surface area contributed by atoms with Gasteiger partial charge in [0.1, 0.15) is 5.69 Å². The summed E-state index contributed by atoms with van der Waals surface area (Å²) in [6.45, 7) is 3.33. The molecule has 4 nitrogen and oxygen atoms in total. The molecule has 0 radical (unpaired) electrons. The summed E-state index contributed by atoms with van der Waals surface area (Å²) in [4.78, 5) is 18.9. The van der Waals surface area contributed by atoms with Gasteiger partial charge in [-0.15, -0.1) is 11.3 Å². The Kier molecular flexibility index (Phi) is 2.56. The van der Waals surface area contributed by atoms with Gasteiger partial charge in [-0.3, -0.25) is 9.78 Å². The Balaban J connectivity index is 1.53. The van der Waals surface area contributed by atoms with Gasteiger partial charge in [0.15, 0.2) is 0 Å². The number of nitrogens with one attached hydrogen (secondary N) is 1. The number of rotatable bonds is 2. The lowest BCUT2D eigenvalue weighted by molar-refractivity contribution is 0.0919. The normalized spacial score (nSPS) is 28.9. The van der Waals surface area contributed by atoms with Crippen LogP contribution < -0.4 is 5.32 Å². The second-order valence-corrected chi connectivity index (χ2v) is 6.36. The van der Waals surface area contributed by atoms with Crippen molar-refractivity contribution in [3.05, 3.63) is 29.4 Å². The molecule has 2 aliphatic rings. The van der Waals surface area contributed by atoms with Crippen LogP contribution in [0, 0.1) is 5.92 Å². The summed E-state index contributed by atoms with van der Waals surface area (Å²) >= 11 is 1.65. The number of thiophene rings is 1. The first-order valence-corrected chi connectivity index (χ1v) is 7.54. The highest BCUT2D eigenvalue weighted by Crippen LogP contribution is 2.28. The van der Waals surface area contributed by atoms with E-state index in [1.54, 1.807) is 17.5 Å². The second kappa shape index (κ2) is 4.28. The van der Waals surface area contributed by atoms with Crippen LogP contribution >= 0.6 is 11.3 Å². The van der Waals surface area contributed by atoms with Gasteiger partial charge in [0.05, 0.1) is 0 Å². The maximum absolute atomic E-state index is 12.3. The molecule has 1 N–H and O–H groups in total. The predicted molar refractivity (Wildman–Crippen MR) is 75.4 cm³/mol. The number of carbonyl (C=O) groups excluding carboxylic acids is 1. The lowest BCUT2D eigenvalue weighted by Crippen LogP contribution is -2.43. The minimum absolute atomic E-state index is 0.0333. The van der Waals surface area contributed by atoms with E-state index in [1.165, 1.54) is 13.0 Å². The Morgan fingerprint density at radius 3 is 3.21 bits per heavy atom. The molecule has 19 heavy (non-hydrogen) atoms. The maximum Gasteiger partial charge on any atom is 0.270 e. The molecule has 1 amide bonds. The van der Waals surface area contributed by atoms with Crippen molar-refractivity contribution in [3.63, 3.8) is 0 Å². The number of nitrogens with zero attached hydrogens (tertiary/aromatic N) is 2. The highest BCUT2D eigenvalue weighted by atomic mass is 32.1. The van der Waals surface area contributed by atoms with Crippen molar-refractivity contribution in [3.8, 4) is 0 Å². The fraction of sp³-hybridized carbons (Fsp3) is 0.429. The molecule has 2 saturated heterocycles. The van der Waals surface area contributed by atoms with Crippen LogP contribution in [0.1, 0.15) is 16.9 Å². The van der Waals surface area contributed by atoms with Gasteiger partial charge in [0.25, 0.3) is 5.91 Å². The summed E-state index contributed by atoms with van der Waals surface area (Å²) < 4.78 is 1.12. The van der Waals surface area contributed by atoms with Crippen molar-refractivity contribution in [2.45, 2.75) is 12.5 Å². The van der Waals surface area contributed by atoms with E-state index < -0.39 is 0 Å². The number of aromatic nitrogens is 1. The van der Waals surface area contributed by atoms with Gasteiger partial charge in [0.2, 0.25) is 0 Å². The Hall–Kier alpha value is -1.46. The molecule has 2 aromatic rings. The van der Waals surface area contributed by atoms with Crippen molar-refractivity contribution in [1.82, 2.24) is 15.2 Å². The molecule has 0 saturated carbocycles. The third-order valence-corrected chi connectivity index (χ3v) is 5.10. The van der Waals surface area contributed by atoms with E-state index >= 15 is 0 Å². The molecular formula is C14H15N3OS. The minimum atomic E-state index is -0.0333. The first kappa shape index (κ1) is 11.4. The van der Waals surface area contributed by atoms with Crippen molar-refractivity contribution in [1.29, 1.82) is 0 Å². The molecular weight excluding hydrogens is 258 g/mol. The van der Waals surface area contributed by atoms with Crippen LogP contribution in [-0.2, 0) is 0 Å². The number of fused-ring (bicyclic) bond motifs is 3. The predicted octanol–water partition coefficient (Wildman–Crippen LogP) is 1.73. The highest BCUT2D eigenvalue weighted by molar-refractivity contribution is 7.17. The van der Waals surface area contributed by atoms with Gasteiger partial charge in [-0.05, 0) is 36.4 Å². The molecule has 2 bridgehead atoms. The van der Waals surface area contributed by atoms with E-state index in [-0.39, 0.29) is 5.91 Å². The zero-order valence-electron chi connectivity index (χ0n) is 10.5. The number of pyridine rings is 1. The number of carbonyl (C=O) groups is 1. The number of amides is 1. The van der Waals surface area contributed by atoms with E-state index in [1.807, 2.05) is 17.5 Å². The zero-order chi connectivity index (χ0) is 12.8. The van der Waals surface area contributed by atoms with Gasteiger partial charge in [-0.25, -0.2) is 0 Å². The van der Waals surface area contributed by atoms with E-state index in [2.05, 4.69) is 15.2 Å². The fourth-order valence-electron chi connectivity index (χ4n) is 3.17. The zero-order valence-corrected chi connectivity index (χ0v) is 11.3. The van der Waals surface area contributed by atoms with Crippen LogP contribution in [0.5, 0.6) is 0 Å². The maximum atomic E-state index is 12.3. The van der Waals surface area contributed by atoms with Gasteiger partial charge < -0.3 is 10.2 Å². The molecule has 2 unspecified atom stereocenters. The van der Waals surface area contributed by atoms with Crippen molar-refractivity contribution in [2.75, 3.05) is 19.6 Å². The van der Waals surface area contributed by atoms with Crippen LogP contribution in [0.4, 0.5) is 0 Å². The van der Waals surface area contributed by atoms with Gasteiger partial charge in [-0.1, -0.05) is 0 Å². The third-order valence-electron chi connectivity index (χ3n) is 4.22. The molecule has 98 valence electrons. The number of hydrogen-bond donors (Lipinski definition) is 1. The summed E-state index contributed by atoms with van der Waals surface area (Å²) in [5.74, 6) is 0.600. The average Bonchev–Trinajstić information content (AvgIpc) is 3.13. The first-order chi connectivity index (χ1) is 9.29. The number of hydrogen-bond acceptors (Lipinski definition) is 4. The quantitative estimate of drug-likeness (QED) is 0.906. The lowest BCUT2D eigenvalue weighted by atomic mass is 10.00. The van der Waals surface area contributed by atoms with Crippen molar-refractivity contribution >= 4 is 27.3 Å². The summed E-state index contributed by atoms with van der Waals surface area (Å²) in [6, 6.07) is 4.22. The van der Waals surface area contributed by atoms with Gasteiger partial charge >= 0.3 is 0 Å². The van der Waals surface area contributed by atoms with Crippen LogP contribution in [-0.4, -0.2) is 41.5 Å². The lowest BCUT2D eigenvalue weighted by Gasteiger charge is -2.22. The molecule has 2 aliphatic heterocycles. The van der Waals surface area contributed by atoms with Gasteiger partial charge in [0, 0.05) is 35.4 Å². The highest BCUT2D eigenvalue weighted by Gasteiger charge is 2.38. The Morgan fingerprint density at radius 1 is 1.47 bits per heavy atom. The Bertz CT molecular complexity index is 638. The van der Waals surface area contributed by atoms with Gasteiger partial charge in [-0.2, -0.15) is 0 Å². The largest absolute Gasteiger partial charge is 0.346 e. The SMILES string of the molecule is O=C(N[C@@H]1CN2CCC1C2)c1cc2sccc2cn1. The number of piperidine rings is 1. The fourth-order valence-corrected chi connectivity index (χ4v) is 3.97. The van der Waals surface area contributed by atoms with E-state index in [4.69, 9.17) is 0 Å². The van der Waals surface area contributed by atoms with E-state index in [9.17, 15) is 4.79 Å². The van der Waals surface area contributed by atoms with Crippen LogP contribution in [0.2, 0.25) is 0 Å². The summed E-state index contributed by atoms with van der Waals surface area (Å²) in [5, 5.41) is 6.27. The average molecular weight is 273 g/mol. The molecule has 0 aromatic carbocycles. The summed E-state index contributed by atoms with van der Waals surface area (Å²) in [5.41, 5.74) is 0.535. The second-order valence-electron chi connectivity index (χ2n) is 5.42. The molecule has 5 heteroatoms. The first-order valence-electron chi connectivity index (χ1n) is 6.66. The van der Waals surface area contributed by atoms with E-state index in [0.717, 1.165) is 23.2 Å². The van der Waals surface area contributed by atoms with Crippen molar-refractivity contribution < 1.29 is 4.79 Å².